The second-order valence-electron chi connectivity index (χ2n) is 10.9. The summed E-state index contributed by atoms with van der Waals surface area (Å²) < 4.78 is 53.7. The first kappa shape index (κ1) is 29.3. The summed E-state index contributed by atoms with van der Waals surface area (Å²) in [5.41, 5.74) is 0.631. The topological polar surface area (TPSA) is 32.3 Å². The van der Waals surface area contributed by atoms with E-state index in [0.717, 1.165) is 48.2 Å². The van der Waals surface area contributed by atoms with Crippen LogP contribution in [0.3, 0.4) is 0 Å². The van der Waals surface area contributed by atoms with Gasteiger partial charge in [-0.05, 0) is 106 Å². The van der Waals surface area contributed by atoms with Crippen molar-refractivity contribution in [3.63, 3.8) is 0 Å². The van der Waals surface area contributed by atoms with Crippen molar-refractivity contribution in [3.8, 4) is 0 Å². The van der Waals surface area contributed by atoms with Crippen LogP contribution >= 0.6 is 11.3 Å². The number of rotatable bonds is 9. The molecule has 8 heteroatoms. The summed E-state index contributed by atoms with van der Waals surface area (Å²) >= 11 is 1.76. The number of halogens is 4. The number of likely N-dealkylation sites (tertiary alicyclic amines) is 1. The van der Waals surface area contributed by atoms with Crippen LogP contribution in [-0.4, -0.2) is 23.4 Å². The highest BCUT2D eigenvalue weighted by molar-refractivity contribution is 7.12. The maximum Gasteiger partial charge on any atom is 0.416 e. The van der Waals surface area contributed by atoms with E-state index in [0.29, 0.717) is 18.4 Å². The van der Waals surface area contributed by atoms with E-state index in [1.165, 1.54) is 35.7 Å². The molecule has 2 atom stereocenters. The second-order valence-corrected chi connectivity index (χ2v) is 12.2. The molecular weight excluding hydrogens is 524 g/mol. The minimum atomic E-state index is -4.36. The fourth-order valence-electron chi connectivity index (χ4n) is 5.31. The lowest BCUT2D eigenvalue weighted by atomic mass is 9.91. The molecule has 2 heterocycles. The Morgan fingerprint density at radius 3 is 2.31 bits per heavy atom. The first-order chi connectivity index (χ1) is 18.3. The quantitative estimate of drug-likeness (QED) is 0.270. The molecule has 1 aliphatic rings. The van der Waals surface area contributed by atoms with Gasteiger partial charge in [-0.15, -0.1) is 11.3 Å². The predicted octanol–water partition coefficient (Wildman–Crippen LogP) is 7.91. The number of hydrogen-bond donors (Lipinski definition) is 1. The molecule has 1 aliphatic heterocycles. The average Bonchev–Trinajstić information content (AvgIpc) is 3.54. The standard InChI is InChI=1S/C31H36F4N2OS/c1-20-7-16-28(39-20)21(2)37-17-5-6-27(37)29(38)36-19-24-13-10-23(18-26(24)30(3,4)32)9-8-22-11-14-25(15-12-22)31(33,34)35/h7,10-16,18,21,27H,5-6,8-9,17,19H2,1-4H3,(H,36,38). The van der Waals surface area contributed by atoms with E-state index in [4.69, 9.17) is 0 Å². The molecule has 2 unspecified atom stereocenters. The molecule has 3 aromatic rings. The Morgan fingerprint density at radius 1 is 1.03 bits per heavy atom. The average molecular weight is 561 g/mol. The van der Waals surface area contributed by atoms with Crippen molar-refractivity contribution in [3.05, 3.63) is 92.2 Å². The van der Waals surface area contributed by atoms with Crippen molar-refractivity contribution in [2.75, 3.05) is 6.54 Å². The predicted molar refractivity (Wildman–Crippen MR) is 148 cm³/mol. The number of benzene rings is 2. The van der Waals surface area contributed by atoms with E-state index in [1.807, 2.05) is 18.2 Å². The Hall–Kier alpha value is -2.71. The van der Waals surface area contributed by atoms with Gasteiger partial charge in [0.05, 0.1) is 11.6 Å². The van der Waals surface area contributed by atoms with E-state index >= 15 is 4.39 Å². The zero-order chi connectivity index (χ0) is 28.4. The lowest BCUT2D eigenvalue weighted by molar-refractivity contribution is -0.137. The minimum Gasteiger partial charge on any atom is -0.351 e. The number of nitrogens with zero attached hydrogens (tertiary/aromatic N) is 1. The van der Waals surface area contributed by atoms with Gasteiger partial charge in [-0.3, -0.25) is 9.69 Å². The van der Waals surface area contributed by atoms with Crippen LogP contribution in [0.1, 0.15) is 77.2 Å². The summed E-state index contributed by atoms with van der Waals surface area (Å²) in [7, 11) is 0. The lowest BCUT2D eigenvalue weighted by Crippen LogP contribution is -2.44. The van der Waals surface area contributed by atoms with Crippen LogP contribution in [0.5, 0.6) is 0 Å². The maximum atomic E-state index is 15.2. The maximum absolute atomic E-state index is 15.2. The van der Waals surface area contributed by atoms with Crippen LogP contribution in [0.4, 0.5) is 17.6 Å². The van der Waals surface area contributed by atoms with Gasteiger partial charge in [-0.1, -0.05) is 30.3 Å². The van der Waals surface area contributed by atoms with Crippen LogP contribution < -0.4 is 5.32 Å². The van der Waals surface area contributed by atoms with Crippen LogP contribution in [0.25, 0.3) is 0 Å². The third-order valence-corrected chi connectivity index (χ3v) is 8.69. The Balaban J connectivity index is 1.41. The summed E-state index contributed by atoms with van der Waals surface area (Å²) in [6, 6.07) is 14.9. The Morgan fingerprint density at radius 2 is 1.69 bits per heavy atom. The normalized spacial score (nSPS) is 17.4. The van der Waals surface area contributed by atoms with Gasteiger partial charge in [-0.2, -0.15) is 13.2 Å². The highest BCUT2D eigenvalue weighted by Crippen LogP contribution is 2.34. The molecule has 3 nitrogen and oxygen atoms in total. The van der Waals surface area contributed by atoms with Crippen molar-refractivity contribution in [1.82, 2.24) is 10.2 Å². The molecule has 2 aromatic carbocycles. The molecule has 0 aliphatic carbocycles. The van der Waals surface area contributed by atoms with Crippen LogP contribution in [0, 0.1) is 6.92 Å². The summed E-state index contributed by atoms with van der Waals surface area (Å²) in [6.07, 6.45) is -1.49. The van der Waals surface area contributed by atoms with Gasteiger partial charge in [0.25, 0.3) is 0 Å². The van der Waals surface area contributed by atoms with Crippen molar-refractivity contribution in [2.24, 2.45) is 0 Å². The summed E-state index contributed by atoms with van der Waals surface area (Å²) in [6.45, 7) is 8.32. The highest BCUT2D eigenvalue weighted by Gasteiger charge is 2.35. The smallest absolute Gasteiger partial charge is 0.351 e. The molecule has 1 fully saturated rings. The van der Waals surface area contributed by atoms with Gasteiger partial charge in [0.1, 0.15) is 5.67 Å². The molecule has 0 bridgehead atoms. The van der Waals surface area contributed by atoms with E-state index in [9.17, 15) is 18.0 Å². The second kappa shape index (κ2) is 11.8. The highest BCUT2D eigenvalue weighted by atomic mass is 32.1. The zero-order valence-electron chi connectivity index (χ0n) is 22.9. The molecule has 4 rings (SSSR count). The van der Waals surface area contributed by atoms with Gasteiger partial charge in [0.2, 0.25) is 5.91 Å². The molecule has 1 amide bonds. The Bertz CT molecular complexity index is 1280. The largest absolute Gasteiger partial charge is 0.416 e. The number of aryl methyl sites for hydroxylation is 3. The van der Waals surface area contributed by atoms with Crippen molar-refractivity contribution in [1.29, 1.82) is 0 Å². The molecule has 1 N–H and O–H groups in total. The molecule has 1 aromatic heterocycles. The summed E-state index contributed by atoms with van der Waals surface area (Å²) in [5.74, 6) is -0.0402. The molecule has 39 heavy (non-hydrogen) atoms. The fraction of sp³-hybridized carbons (Fsp3) is 0.452. The number of carbonyl (C=O) groups excluding carboxylic acids is 1. The van der Waals surface area contributed by atoms with Crippen molar-refractivity contribution >= 4 is 17.2 Å². The summed E-state index contributed by atoms with van der Waals surface area (Å²) in [5, 5.41) is 3.05. The third kappa shape index (κ3) is 7.28. The van der Waals surface area contributed by atoms with Crippen LogP contribution in [0.15, 0.2) is 54.6 Å². The minimum absolute atomic E-state index is 0.0402. The van der Waals surface area contributed by atoms with Gasteiger partial charge < -0.3 is 5.32 Å². The first-order valence-corrected chi connectivity index (χ1v) is 14.2. The van der Waals surface area contributed by atoms with Gasteiger partial charge in [0.15, 0.2) is 0 Å². The van der Waals surface area contributed by atoms with Crippen LogP contribution in [-0.2, 0) is 36.0 Å². The van der Waals surface area contributed by atoms with E-state index in [-0.39, 0.29) is 24.5 Å². The third-order valence-electron chi connectivity index (χ3n) is 7.52. The first-order valence-electron chi connectivity index (χ1n) is 13.4. The van der Waals surface area contributed by atoms with E-state index in [1.54, 1.807) is 11.3 Å². The van der Waals surface area contributed by atoms with Crippen LogP contribution in [0.2, 0.25) is 0 Å². The molecule has 1 saturated heterocycles. The SMILES string of the molecule is Cc1ccc(C(C)N2CCCC2C(=O)NCc2ccc(CCc3ccc(C(F)(F)F)cc3)cc2C(C)(C)F)s1. The van der Waals surface area contributed by atoms with Crippen molar-refractivity contribution in [2.45, 2.75) is 83.9 Å². The lowest BCUT2D eigenvalue weighted by Gasteiger charge is -2.29. The molecular formula is C31H36F4N2OS. The van der Waals surface area contributed by atoms with Gasteiger partial charge in [0, 0.05) is 22.3 Å². The number of thiophene rings is 1. The fourth-order valence-corrected chi connectivity index (χ4v) is 6.26. The number of hydrogen-bond acceptors (Lipinski definition) is 3. The van der Waals surface area contributed by atoms with E-state index < -0.39 is 17.4 Å². The Kier molecular flexibility index (Phi) is 8.86. The Labute approximate surface area is 232 Å². The van der Waals surface area contributed by atoms with Gasteiger partial charge in [-0.25, -0.2) is 4.39 Å². The molecule has 0 radical (unpaired) electrons. The summed E-state index contributed by atoms with van der Waals surface area (Å²) in [4.78, 5) is 18.0. The number of alkyl halides is 4. The molecule has 210 valence electrons. The van der Waals surface area contributed by atoms with E-state index in [2.05, 4.69) is 36.2 Å². The number of nitrogens with one attached hydrogen (secondary N) is 1. The zero-order valence-corrected chi connectivity index (χ0v) is 23.7. The molecule has 0 saturated carbocycles. The number of carbonyl (C=O) groups is 1. The molecule has 0 spiro atoms. The van der Waals surface area contributed by atoms with Crippen molar-refractivity contribution < 1.29 is 22.4 Å². The number of amides is 1. The van der Waals surface area contributed by atoms with Gasteiger partial charge >= 0.3 is 6.18 Å². The monoisotopic (exact) mass is 560 g/mol.